The normalized spacial score (nSPS) is 12.8. The molecule has 0 unspecified atom stereocenters. The first-order valence-electron chi connectivity index (χ1n) is 6.56. The number of rotatable bonds is 3. The zero-order valence-electron chi connectivity index (χ0n) is 11.8. The summed E-state index contributed by atoms with van der Waals surface area (Å²) < 4.78 is 6.18. The average Bonchev–Trinajstić information content (AvgIpc) is 3.09. The van der Waals surface area contributed by atoms with Gasteiger partial charge in [0.15, 0.2) is 11.5 Å². The van der Waals surface area contributed by atoms with Gasteiger partial charge in [-0.15, -0.1) is 0 Å². The zero-order chi connectivity index (χ0) is 15.0. The van der Waals surface area contributed by atoms with Crippen LogP contribution >= 0.6 is 0 Å². The molecule has 21 heavy (non-hydrogen) atoms. The molecule has 5 nitrogen and oxygen atoms in total. The van der Waals surface area contributed by atoms with Crippen molar-refractivity contribution in [1.82, 2.24) is 9.55 Å². The summed E-state index contributed by atoms with van der Waals surface area (Å²) in [5, 5.41) is 0. The van der Waals surface area contributed by atoms with Gasteiger partial charge in [-0.05, 0) is 17.5 Å². The van der Waals surface area contributed by atoms with Crippen LogP contribution in [0.25, 0.3) is 5.57 Å². The minimum absolute atomic E-state index is 0.134. The summed E-state index contributed by atoms with van der Waals surface area (Å²) in [6, 6.07) is 7.79. The Balaban J connectivity index is 1.97. The summed E-state index contributed by atoms with van der Waals surface area (Å²) in [5.41, 5.74) is 2.83. The first kappa shape index (κ1) is 13.3. The molecule has 1 aromatic heterocycles. The van der Waals surface area contributed by atoms with Gasteiger partial charge < -0.3 is 9.30 Å². The molecule has 106 valence electrons. The van der Waals surface area contributed by atoms with E-state index in [0.29, 0.717) is 5.57 Å². The van der Waals surface area contributed by atoms with Gasteiger partial charge in [-0.1, -0.05) is 30.3 Å². The monoisotopic (exact) mass is 282 g/mol. The van der Waals surface area contributed by atoms with Crippen LogP contribution in [0.1, 0.15) is 32.2 Å². The maximum absolute atomic E-state index is 12.7. The number of carbonyl (C=O) groups excluding carboxylic acids is 2. The molecule has 0 radical (unpaired) electrons. The van der Waals surface area contributed by atoms with Crippen molar-refractivity contribution in [3.63, 3.8) is 0 Å². The summed E-state index contributed by atoms with van der Waals surface area (Å²) in [6.45, 7) is 0. The van der Waals surface area contributed by atoms with E-state index in [-0.39, 0.29) is 17.3 Å². The van der Waals surface area contributed by atoms with Gasteiger partial charge in [0.05, 0.1) is 7.11 Å². The van der Waals surface area contributed by atoms with Gasteiger partial charge >= 0.3 is 5.97 Å². The number of aromatic nitrogens is 2. The smallest absolute Gasteiger partial charge is 0.358 e. The number of nitrogens with zero attached hydrogens (tertiary/aromatic N) is 2. The van der Waals surface area contributed by atoms with Crippen LogP contribution in [0, 0.1) is 0 Å². The number of esters is 1. The third-order valence-electron chi connectivity index (χ3n) is 3.55. The molecule has 1 aliphatic carbocycles. The number of ketones is 1. The quantitative estimate of drug-likeness (QED) is 0.638. The summed E-state index contributed by atoms with van der Waals surface area (Å²) in [5.74, 6) is -0.499. The molecule has 2 aromatic rings. The van der Waals surface area contributed by atoms with Crippen molar-refractivity contribution < 1.29 is 14.3 Å². The molecule has 1 heterocycles. The predicted octanol–water partition coefficient (Wildman–Crippen LogP) is 2.03. The number of hydrogen-bond donors (Lipinski definition) is 0. The fraction of sp³-hybridized carbons (Fsp3) is 0.188. The van der Waals surface area contributed by atoms with Crippen LogP contribution in [0.5, 0.6) is 0 Å². The minimum Gasteiger partial charge on any atom is -0.464 e. The number of ether oxygens (including phenoxy) is 1. The lowest BCUT2D eigenvalue weighted by molar-refractivity contribution is 0.0594. The number of methoxy groups -OCH3 is 1. The summed E-state index contributed by atoms with van der Waals surface area (Å²) in [7, 11) is 2.97. The molecule has 0 atom stereocenters. The van der Waals surface area contributed by atoms with Crippen LogP contribution < -0.4 is 0 Å². The van der Waals surface area contributed by atoms with Crippen LogP contribution in [-0.4, -0.2) is 28.4 Å². The van der Waals surface area contributed by atoms with E-state index >= 15 is 0 Å². The Labute approximate surface area is 121 Å². The third kappa shape index (κ3) is 2.16. The van der Waals surface area contributed by atoms with Gasteiger partial charge in [0.1, 0.15) is 0 Å². The predicted molar refractivity (Wildman–Crippen MR) is 77.0 cm³/mol. The van der Waals surface area contributed by atoms with E-state index in [0.717, 1.165) is 17.5 Å². The maximum Gasteiger partial charge on any atom is 0.358 e. The highest BCUT2D eigenvalue weighted by Crippen LogP contribution is 2.29. The van der Waals surface area contributed by atoms with Gasteiger partial charge in [-0.3, -0.25) is 4.79 Å². The number of hydrogen-bond acceptors (Lipinski definition) is 4. The van der Waals surface area contributed by atoms with Gasteiger partial charge in [-0.25, -0.2) is 9.78 Å². The van der Waals surface area contributed by atoms with Crippen LogP contribution in [-0.2, 0) is 18.2 Å². The van der Waals surface area contributed by atoms with E-state index in [1.807, 2.05) is 30.3 Å². The Morgan fingerprint density at radius 1 is 1.29 bits per heavy atom. The number of benzene rings is 1. The topological polar surface area (TPSA) is 61.2 Å². The van der Waals surface area contributed by atoms with Crippen molar-refractivity contribution >= 4 is 17.3 Å². The molecule has 3 rings (SSSR count). The highest BCUT2D eigenvalue weighted by molar-refractivity contribution is 6.28. The first-order valence-corrected chi connectivity index (χ1v) is 6.56. The minimum atomic E-state index is -0.551. The average molecular weight is 282 g/mol. The number of carbonyl (C=O) groups is 2. The van der Waals surface area contributed by atoms with Gasteiger partial charge in [0, 0.05) is 18.8 Å². The van der Waals surface area contributed by atoms with Crippen molar-refractivity contribution in [1.29, 1.82) is 0 Å². The lowest BCUT2D eigenvalue weighted by atomic mass is 10.0. The van der Waals surface area contributed by atoms with Gasteiger partial charge in [-0.2, -0.15) is 0 Å². The highest BCUT2D eigenvalue weighted by atomic mass is 16.5. The number of imidazole rings is 1. The standard InChI is InChI=1S/C16H14N2O3/c1-18-9-13(16(20)21-2)17-15(18)14(19)12-8-7-10-5-3-4-6-11(10)12/h3-6,8-9H,7H2,1-2H3. The van der Waals surface area contributed by atoms with Crippen molar-refractivity contribution in [3.05, 3.63) is 59.2 Å². The highest BCUT2D eigenvalue weighted by Gasteiger charge is 2.25. The Morgan fingerprint density at radius 3 is 2.81 bits per heavy atom. The molecule has 0 spiro atoms. The molecule has 0 N–H and O–H groups in total. The molecule has 0 saturated carbocycles. The molecular weight excluding hydrogens is 268 g/mol. The van der Waals surface area contributed by atoms with Crippen LogP contribution in [0.3, 0.4) is 0 Å². The van der Waals surface area contributed by atoms with Gasteiger partial charge in [0.25, 0.3) is 0 Å². The summed E-state index contributed by atoms with van der Waals surface area (Å²) >= 11 is 0. The van der Waals surface area contributed by atoms with E-state index in [4.69, 9.17) is 0 Å². The molecule has 0 amide bonds. The molecule has 0 saturated heterocycles. The van der Waals surface area contributed by atoms with Gasteiger partial charge in [0.2, 0.25) is 5.78 Å². The van der Waals surface area contributed by atoms with Crippen LogP contribution in [0.4, 0.5) is 0 Å². The molecular formula is C16H14N2O3. The molecule has 0 fully saturated rings. The molecule has 5 heteroatoms. The van der Waals surface area contributed by atoms with E-state index in [9.17, 15) is 9.59 Å². The number of fused-ring (bicyclic) bond motifs is 1. The maximum atomic E-state index is 12.7. The molecule has 1 aliphatic rings. The SMILES string of the molecule is COC(=O)c1cn(C)c(C(=O)C2=CCc3ccccc32)n1. The van der Waals surface area contributed by atoms with E-state index in [1.165, 1.54) is 13.3 Å². The van der Waals surface area contributed by atoms with Crippen molar-refractivity contribution in [3.8, 4) is 0 Å². The Morgan fingerprint density at radius 2 is 2.05 bits per heavy atom. The number of allylic oxidation sites excluding steroid dienone is 2. The fourth-order valence-electron chi connectivity index (χ4n) is 2.50. The zero-order valence-corrected chi connectivity index (χ0v) is 11.8. The van der Waals surface area contributed by atoms with E-state index in [1.54, 1.807) is 11.6 Å². The molecule has 0 bridgehead atoms. The molecule has 1 aromatic carbocycles. The summed E-state index contributed by atoms with van der Waals surface area (Å²) in [6.07, 6.45) is 4.14. The third-order valence-corrected chi connectivity index (χ3v) is 3.55. The second kappa shape index (κ2) is 5.01. The van der Waals surface area contributed by atoms with E-state index < -0.39 is 5.97 Å². The Kier molecular flexibility index (Phi) is 3.17. The lowest BCUT2D eigenvalue weighted by Crippen LogP contribution is -2.09. The van der Waals surface area contributed by atoms with E-state index in [2.05, 4.69) is 9.72 Å². The van der Waals surface area contributed by atoms with Crippen molar-refractivity contribution in [2.24, 2.45) is 7.05 Å². The van der Waals surface area contributed by atoms with Crippen molar-refractivity contribution in [2.75, 3.05) is 7.11 Å². The number of Topliss-reactive ketones (excluding diaryl/α,β-unsaturated/α-hetero) is 1. The largest absolute Gasteiger partial charge is 0.464 e. The second-order valence-corrected chi connectivity index (χ2v) is 4.86. The second-order valence-electron chi connectivity index (χ2n) is 4.86. The Hall–Kier alpha value is -2.69. The Bertz CT molecular complexity index is 772. The van der Waals surface area contributed by atoms with Crippen molar-refractivity contribution in [2.45, 2.75) is 6.42 Å². The van der Waals surface area contributed by atoms with Crippen LogP contribution in [0.15, 0.2) is 36.5 Å². The number of aryl methyl sites for hydroxylation is 1. The fourth-order valence-corrected chi connectivity index (χ4v) is 2.50. The summed E-state index contributed by atoms with van der Waals surface area (Å²) in [4.78, 5) is 28.2. The lowest BCUT2D eigenvalue weighted by Gasteiger charge is -2.04. The van der Waals surface area contributed by atoms with Crippen LogP contribution in [0.2, 0.25) is 0 Å². The first-order chi connectivity index (χ1) is 10.1. The molecule has 0 aliphatic heterocycles.